The van der Waals surface area contributed by atoms with Crippen molar-refractivity contribution in [3.8, 4) is 5.75 Å². The SMILES string of the molecule is CC1(C)CN(c2cc(Cl)c(OCCO[Si](C)(C)C(C)(C)C)cc2F)[C@H]2CCCC[C@H]2N1. The molecule has 3 rings (SSSR count). The third-order valence-electron chi connectivity index (χ3n) is 7.19. The molecule has 0 unspecified atom stereocenters. The van der Waals surface area contributed by atoms with Crippen molar-refractivity contribution in [2.24, 2.45) is 0 Å². The molecule has 0 bridgehead atoms. The molecule has 1 aliphatic heterocycles. The lowest BCUT2D eigenvalue weighted by atomic mass is 9.83. The highest BCUT2D eigenvalue weighted by atomic mass is 35.5. The van der Waals surface area contributed by atoms with Crippen LogP contribution in [0.4, 0.5) is 10.1 Å². The highest BCUT2D eigenvalue weighted by Gasteiger charge is 2.41. The smallest absolute Gasteiger partial charge is 0.192 e. The number of halogens is 2. The number of hydrogen-bond acceptors (Lipinski definition) is 4. The average Bonchev–Trinajstić information content (AvgIpc) is 2.65. The molecule has 2 atom stereocenters. The van der Waals surface area contributed by atoms with Crippen LogP contribution in [0.1, 0.15) is 60.3 Å². The fourth-order valence-corrected chi connectivity index (χ4v) is 5.76. The first-order chi connectivity index (χ1) is 14.3. The van der Waals surface area contributed by atoms with Gasteiger partial charge in [-0.05, 0) is 50.9 Å². The Morgan fingerprint density at radius 3 is 2.55 bits per heavy atom. The van der Waals surface area contributed by atoms with Gasteiger partial charge in [-0.25, -0.2) is 4.39 Å². The van der Waals surface area contributed by atoms with Crippen molar-refractivity contribution in [3.05, 3.63) is 23.0 Å². The minimum atomic E-state index is -1.83. The molecule has 0 amide bonds. The number of anilines is 1. The van der Waals surface area contributed by atoms with E-state index >= 15 is 4.39 Å². The number of nitrogens with one attached hydrogen (secondary N) is 1. The summed E-state index contributed by atoms with van der Waals surface area (Å²) in [5, 5.41) is 4.36. The van der Waals surface area contributed by atoms with Gasteiger partial charge >= 0.3 is 0 Å². The number of hydrogen-bond donors (Lipinski definition) is 1. The molecular weight excluding hydrogens is 431 g/mol. The van der Waals surface area contributed by atoms with Gasteiger partial charge in [0.2, 0.25) is 0 Å². The molecule has 7 heteroatoms. The molecule has 4 nitrogen and oxygen atoms in total. The van der Waals surface area contributed by atoms with Crippen LogP contribution in [0.2, 0.25) is 23.2 Å². The van der Waals surface area contributed by atoms with Crippen LogP contribution < -0.4 is 15.0 Å². The van der Waals surface area contributed by atoms with Crippen molar-refractivity contribution in [1.29, 1.82) is 0 Å². The van der Waals surface area contributed by atoms with Crippen LogP contribution in [0.3, 0.4) is 0 Å². The topological polar surface area (TPSA) is 33.7 Å². The lowest BCUT2D eigenvalue weighted by molar-refractivity contribution is 0.197. The van der Waals surface area contributed by atoms with Crippen molar-refractivity contribution in [2.45, 2.75) is 96.1 Å². The minimum Gasteiger partial charge on any atom is -0.490 e. The summed E-state index contributed by atoms with van der Waals surface area (Å²) in [6.45, 7) is 17.0. The van der Waals surface area contributed by atoms with E-state index in [1.165, 1.54) is 18.9 Å². The Bertz CT molecular complexity index is 782. The van der Waals surface area contributed by atoms with Gasteiger partial charge in [-0.3, -0.25) is 0 Å². The van der Waals surface area contributed by atoms with Crippen LogP contribution in [0.15, 0.2) is 12.1 Å². The first-order valence-electron chi connectivity index (χ1n) is 11.6. The van der Waals surface area contributed by atoms with Gasteiger partial charge < -0.3 is 19.4 Å². The van der Waals surface area contributed by atoms with Crippen molar-refractivity contribution in [2.75, 3.05) is 24.7 Å². The van der Waals surface area contributed by atoms with Gasteiger partial charge in [-0.1, -0.05) is 45.2 Å². The molecule has 0 aromatic heterocycles. The molecule has 31 heavy (non-hydrogen) atoms. The maximum absolute atomic E-state index is 15.3. The summed E-state index contributed by atoms with van der Waals surface area (Å²) < 4.78 is 27.2. The van der Waals surface area contributed by atoms with Crippen molar-refractivity contribution in [3.63, 3.8) is 0 Å². The minimum absolute atomic E-state index is 0.0757. The standard InChI is InChI=1S/C24H40ClFN2O2Si/c1-23(2,3)31(6,7)30-13-12-29-22-15-18(26)21(14-17(22)25)28-16-24(4,5)27-19-10-8-9-11-20(19)28/h14-15,19-20,27H,8-13,16H2,1-7H3/t19-,20+/m1/s1. The lowest BCUT2D eigenvalue weighted by Crippen LogP contribution is -2.67. The molecule has 176 valence electrons. The summed E-state index contributed by atoms with van der Waals surface area (Å²) in [4.78, 5) is 2.23. The predicted octanol–water partition coefficient (Wildman–Crippen LogP) is 6.38. The highest BCUT2D eigenvalue weighted by Crippen LogP contribution is 2.39. The van der Waals surface area contributed by atoms with Gasteiger partial charge in [0.05, 0.1) is 17.3 Å². The first kappa shape index (κ1) is 24.8. The Labute approximate surface area is 193 Å². The van der Waals surface area contributed by atoms with Crippen LogP contribution in [-0.4, -0.2) is 45.7 Å². The second kappa shape index (κ2) is 9.20. The molecule has 1 aromatic carbocycles. The van der Waals surface area contributed by atoms with Crippen molar-refractivity contribution in [1.82, 2.24) is 5.32 Å². The van der Waals surface area contributed by atoms with E-state index in [0.717, 1.165) is 19.4 Å². The maximum Gasteiger partial charge on any atom is 0.192 e. The van der Waals surface area contributed by atoms with Crippen molar-refractivity contribution < 1.29 is 13.6 Å². The largest absolute Gasteiger partial charge is 0.490 e. The Morgan fingerprint density at radius 1 is 1.19 bits per heavy atom. The Kier molecular flexibility index (Phi) is 7.36. The molecular formula is C24H40ClFN2O2Si. The van der Waals surface area contributed by atoms with Gasteiger partial charge in [0.15, 0.2) is 8.32 Å². The third-order valence-corrected chi connectivity index (χ3v) is 12.0. The second-order valence-corrected chi connectivity index (χ2v) is 16.5. The molecule has 1 aromatic rings. The average molecular weight is 471 g/mol. The molecule has 2 fully saturated rings. The second-order valence-electron chi connectivity index (χ2n) is 11.3. The molecule has 1 heterocycles. The van der Waals surface area contributed by atoms with E-state index in [-0.39, 0.29) is 16.4 Å². The molecule has 2 aliphatic rings. The molecule has 0 spiro atoms. The van der Waals surface area contributed by atoms with E-state index < -0.39 is 8.32 Å². The van der Waals surface area contributed by atoms with Crippen LogP contribution in [0.5, 0.6) is 5.75 Å². The molecule has 1 aliphatic carbocycles. The Balaban J connectivity index is 1.70. The fourth-order valence-electron chi connectivity index (χ4n) is 4.52. The first-order valence-corrected chi connectivity index (χ1v) is 14.9. The van der Waals surface area contributed by atoms with Gasteiger partial charge in [0, 0.05) is 30.2 Å². The number of piperazine rings is 1. The molecule has 1 saturated carbocycles. The molecule has 1 N–H and O–H groups in total. The van der Waals surface area contributed by atoms with E-state index in [1.807, 2.05) is 0 Å². The highest BCUT2D eigenvalue weighted by molar-refractivity contribution is 6.74. The Hall–Kier alpha value is -0.823. The van der Waals surface area contributed by atoms with E-state index in [4.69, 9.17) is 20.8 Å². The van der Waals surface area contributed by atoms with E-state index in [9.17, 15) is 0 Å². The van der Waals surface area contributed by atoms with Crippen molar-refractivity contribution >= 4 is 25.6 Å². The lowest BCUT2D eigenvalue weighted by Gasteiger charge is -2.52. The monoisotopic (exact) mass is 470 g/mol. The van der Waals surface area contributed by atoms with Gasteiger partial charge in [0.1, 0.15) is 18.2 Å². The summed E-state index contributed by atoms with van der Waals surface area (Å²) in [6, 6.07) is 3.88. The van der Waals surface area contributed by atoms with Gasteiger partial charge in [0.25, 0.3) is 0 Å². The third kappa shape index (κ3) is 5.76. The fraction of sp³-hybridized carbons (Fsp3) is 0.750. The van der Waals surface area contributed by atoms with E-state index in [2.05, 4.69) is 57.9 Å². The van der Waals surface area contributed by atoms with E-state index in [0.29, 0.717) is 41.8 Å². The number of fused-ring (bicyclic) bond motifs is 1. The number of rotatable bonds is 6. The van der Waals surface area contributed by atoms with Crippen LogP contribution in [0, 0.1) is 5.82 Å². The van der Waals surface area contributed by atoms with Crippen LogP contribution in [0.25, 0.3) is 0 Å². The summed E-state index contributed by atoms with van der Waals surface area (Å²) in [6.07, 6.45) is 4.62. The van der Waals surface area contributed by atoms with Crippen LogP contribution in [-0.2, 0) is 4.43 Å². The van der Waals surface area contributed by atoms with Crippen LogP contribution >= 0.6 is 11.6 Å². The number of ether oxygens (including phenoxy) is 1. The van der Waals surface area contributed by atoms with Gasteiger partial charge in [-0.15, -0.1) is 0 Å². The zero-order chi connectivity index (χ0) is 23.0. The Morgan fingerprint density at radius 2 is 1.87 bits per heavy atom. The summed E-state index contributed by atoms with van der Waals surface area (Å²) in [7, 11) is -1.83. The zero-order valence-electron chi connectivity index (χ0n) is 20.3. The number of nitrogens with zero attached hydrogens (tertiary/aromatic N) is 1. The predicted molar refractivity (Wildman–Crippen MR) is 131 cm³/mol. The molecule has 1 saturated heterocycles. The summed E-state index contributed by atoms with van der Waals surface area (Å²) >= 11 is 6.54. The number of benzene rings is 1. The quantitative estimate of drug-likeness (QED) is 0.386. The normalized spacial score (nSPS) is 24.1. The summed E-state index contributed by atoms with van der Waals surface area (Å²) in [5.74, 6) is 0.114. The molecule has 0 radical (unpaired) electrons. The van der Waals surface area contributed by atoms with E-state index in [1.54, 1.807) is 6.07 Å². The summed E-state index contributed by atoms with van der Waals surface area (Å²) in [5.41, 5.74) is 0.509. The van der Waals surface area contributed by atoms with Gasteiger partial charge in [-0.2, -0.15) is 0 Å². The maximum atomic E-state index is 15.3. The zero-order valence-corrected chi connectivity index (χ0v) is 22.0.